The maximum Gasteiger partial charge on any atom is 0.317 e. The summed E-state index contributed by atoms with van der Waals surface area (Å²) < 4.78 is 11.3. The van der Waals surface area contributed by atoms with Crippen LogP contribution in [0.4, 0.5) is 0 Å². The van der Waals surface area contributed by atoms with Crippen LogP contribution in [0.2, 0.25) is 0 Å². The van der Waals surface area contributed by atoms with Crippen molar-refractivity contribution >= 4 is 11.9 Å². The normalized spacial score (nSPS) is 14.9. The molecule has 3 unspecified atom stereocenters. The summed E-state index contributed by atoms with van der Waals surface area (Å²) in [6.45, 7) is 14.0. The number of hydrogen-bond acceptors (Lipinski definition) is 4. The first-order valence-electron chi connectivity index (χ1n) is 12.3. The molecule has 0 spiro atoms. The average molecular weight is 453 g/mol. The highest BCUT2D eigenvalue weighted by molar-refractivity contribution is 5.80. The van der Waals surface area contributed by atoms with Crippen molar-refractivity contribution in [3.05, 3.63) is 54.1 Å². The van der Waals surface area contributed by atoms with Crippen molar-refractivity contribution < 1.29 is 19.1 Å². The van der Waals surface area contributed by atoms with Gasteiger partial charge in [0.05, 0.1) is 17.4 Å². The van der Waals surface area contributed by atoms with Crippen LogP contribution in [0.5, 0.6) is 5.75 Å². The molecule has 0 heterocycles. The first kappa shape index (κ1) is 26.6. The number of rotatable bonds is 11. The Bertz CT molecular complexity index is 898. The minimum atomic E-state index is -0.763. The number of carbonyl (C=O) groups excluding carboxylic acids is 2. The van der Waals surface area contributed by atoms with Crippen molar-refractivity contribution in [2.75, 3.05) is 0 Å². The summed E-state index contributed by atoms with van der Waals surface area (Å²) in [5, 5.41) is 0. The fraction of sp³-hybridized carbons (Fsp3) is 0.517. The molecule has 33 heavy (non-hydrogen) atoms. The van der Waals surface area contributed by atoms with E-state index in [9.17, 15) is 9.59 Å². The van der Waals surface area contributed by atoms with Crippen molar-refractivity contribution in [2.24, 2.45) is 11.3 Å². The molecule has 2 aromatic rings. The number of ether oxygens (including phenoxy) is 2. The molecule has 0 N–H and O–H groups in total. The number of benzene rings is 2. The van der Waals surface area contributed by atoms with E-state index in [0.29, 0.717) is 30.9 Å². The fourth-order valence-electron chi connectivity index (χ4n) is 3.69. The summed E-state index contributed by atoms with van der Waals surface area (Å²) in [5.74, 6) is 0.143. The molecule has 2 aromatic carbocycles. The van der Waals surface area contributed by atoms with Crippen molar-refractivity contribution in [1.82, 2.24) is 0 Å². The number of esters is 2. The molecule has 0 radical (unpaired) electrons. The maximum atomic E-state index is 13.1. The van der Waals surface area contributed by atoms with E-state index in [1.165, 1.54) is 5.56 Å². The van der Waals surface area contributed by atoms with E-state index in [-0.39, 0.29) is 24.0 Å². The third-order valence-electron chi connectivity index (χ3n) is 6.66. The summed E-state index contributed by atoms with van der Waals surface area (Å²) in [6, 6.07) is 16.1. The van der Waals surface area contributed by atoms with Gasteiger partial charge in [0, 0.05) is 0 Å². The molecule has 0 bridgehead atoms. The van der Waals surface area contributed by atoms with Crippen LogP contribution in [-0.4, -0.2) is 18.0 Å². The van der Waals surface area contributed by atoms with Crippen LogP contribution in [0.15, 0.2) is 48.5 Å². The molecule has 0 saturated heterocycles. The monoisotopic (exact) mass is 452 g/mol. The van der Waals surface area contributed by atoms with E-state index in [1.807, 2.05) is 58.9 Å². The molecule has 0 aliphatic rings. The Labute approximate surface area is 199 Å². The van der Waals surface area contributed by atoms with Gasteiger partial charge >= 0.3 is 11.9 Å². The molecule has 0 amide bonds. The SMILES string of the molecule is CCC(C)OC(=O)C(CC)CC(C)(CC)C(=O)Oc1ccc(-c2ccc(C(C)C)cc2)cc1. The van der Waals surface area contributed by atoms with Gasteiger partial charge in [-0.25, -0.2) is 0 Å². The number of carbonyl (C=O) groups is 2. The Kier molecular flexibility index (Phi) is 9.70. The van der Waals surface area contributed by atoms with Gasteiger partial charge in [-0.3, -0.25) is 9.59 Å². The summed E-state index contributed by atoms with van der Waals surface area (Å²) in [7, 11) is 0. The largest absolute Gasteiger partial charge is 0.462 e. The zero-order valence-corrected chi connectivity index (χ0v) is 21.3. The summed E-state index contributed by atoms with van der Waals surface area (Å²) in [4.78, 5) is 25.7. The molecular weight excluding hydrogens is 412 g/mol. The van der Waals surface area contributed by atoms with Crippen LogP contribution in [-0.2, 0) is 14.3 Å². The Hall–Kier alpha value is -2.62. The quantitative estimate of drug-likeness (QED) is 0.261. The van der Waals surface area contributed by atoms with Crippen molar-refractivity contribution in [3.8, 4) is 16.9 Å². The molecule has 0 aliphatic heterocycles. The standard InChI is InChI=1S/C29H40O4/c1-8-21(6)32-27(30)22(9-2)19-29(7,10-3)28(31)33-26-17-15-25(16-18-26)24-13-11-23(12-14-24)20(4)5/h11-18,20-22H,8-10,19H2,1-7H3. The highest BCUT2D eigenvalue weighted by Gasteiger charge is 2.38. The minimum Gasteiger partial charge on any atom is -0.462 e. The second-order valence-corrected chi connectivity index (χ2v) is 9.57. The van der Waals surface area contributed by atoms with Gasteiger partial charge in [-0.2, -0.15) is 0 Å². The predicted molar refractivity (Wildman–Crippen MR) is 134 cm³/mol. The molecule has 0 fully saturated rings. The van der Waals surface area contributed by atoms with Crippen molar-refractivity contribution in [2.45, 2.75) is 86.2 Å². The summed E-state index contributed by atoms with van der Waals surface area (Å²) >= 11 is 0. The van der Waals surface area contributed by atoms with Gasteiger partial charge in [0.25, 0.3) is 0 Å². The Morgan fingerprint density at radius 3 is 1.85 bits per heavy atom. The van der Waals surface area contributed by atoms with Crippen molar-refractivity contribution in [3.63, 3.8) is 0 Å². The smallest absolute Gasteiger partial charge is 0.317 e. The first-order chi connectivity index (χ1) is 15.6. The van der Waals surface area contributed by atoms with Gasteiger partial charge in [-0.05, 0) is 74.3 Å². The van der Waals surface area contributed by atoms with E-state index in [0.717, 1.165) is 17.5 Å². The highest BCUT2D eigenvalue weighted by Crippen LogP contribution is 2.34. The van der Waals surface area contributed by atoms with E-state index in [2.05, 4.69) is 38.1 Å². The van der Waals surface area contributed by atoms with Gasteiger partial charge in [0.1, 0.15) is 5.75 Å². The Balaban J connectivity index is 2.08. The molecule has 4 nitrogen and oxygen atoms in total. The van der Waals surface area contributed by atoms with Gasteiger partial charge < -0.3 is 9.47 Å². The van der Waals surface area contributed by atoms with Crippen molar-refractivity contribution in [1.29, 1.82) is 0 Å². The zero-order chi connectivity index (χ0) is 24.6. The average Bonchev–Trinajstić information content (AvgIpc) is 2.82. The van der Waals surface area contributed by atoms with E-state index < -0.39 is 5.41 Å². The Morgan fingerprint density at radius 1 is 0.848 bits per heavy atom. The fourth-order valence-corrected chi connectivity index (χ4v) is 3.69. The minimum absolute atomic E-state index is 0.119. The van der Waals surface area contributed by atoms with E-state index >= 15 is 0 Å². The molecule has 180 valence electrons. The van der Waals surface area contributed by atoms with Gasteiger partial charge in [0.15, 0.2) is 0 Å². The second kappa shape index (κ2) is 12.0. The van der Waals surface area contributed by atoms with Crippen LogP contribution in [0, 0.1) is 11.3 Å². The molecule has 3 atom stereocenters. The number of hydrogen-bond donors (Lipinski definition) is 0. The molecule has 4 heteroatoms. The molecule has 0 aromatic heterocycles. The summed E-state index contributed by atoms with van der Waals surface area (Å²) in [5.41, 5.74) is 2.74. The lowest BCUT2D eigenvalue weighted by atomic mass is 9.78. The lowest BCUT2D eigenvalue weighted by Gasteiger charge is -2.29. The highest BCUT2D eigenvalue weighted by atomic mass is 16.5. The first-order valence-corrected chi connectivity index (χ1v) is 12.3. The van der Waals surface area contributed by atoms with Crippen LogP contribution >= 0.6 is 0 Å². The van der Waals surface area contributed by atoms with Gasteiger partial charge in [-0.15, -0.1) is 0 Å². The maximum absolute atomic E-state index is 13.1. The van der Waals surface area contributed by atoms with Crippen LogP contribution < -0.4 is 4.74 Å². The zero-order valence-electron chi connectivity index (χ0n) is 21.3. The second-order valence-electron chi connectivity index (χ2n) is 9.57. The van der Waals surface area contributed by atoms with Gasteiger partial charge in [-0.1, -0.05) is 71.0 Å². The van der Waals surface area contributed by atoms with E-state index in [4.69, 9.17) is 9.47 Å². The molecule has 0 aliphatic carbocycles. The van der Waals surface area contributed by atoms with Crippen LogP contribution in [0.3, 0.4) is 0 Å². The van der Waals surface area contributed by atoms with E-state index in [1.54, 1.807) is 0 Å². The Morgan fingerprint density at radius 2 is 1.39 bits per heavy atom. The van der Waals surface area contributed by atoms with Crippen LogP contribution in [0.25, 0.3) is 11.1 Å². The molecule has 2 rings (SSSR count). The van der Waals surface area contributed by atoms with Gasteiger partial charge in [0.2, 0.25) is 0 Å². The molecular formula is C29H40O4. The lowest BCUT2D eigenvalue weighted by Crippen LogP contribution is -2.36. The van der Waals surface area contributed by atoms with Crippen LogP contribution in [0.1, 0.15) is 85.6 Å². The predicted octanol–water partition coefficient (Wildman–Crippen LogP) is 7.56. The third-order valence-corrected chi connectivity index (χ3v) is 6.66. The molecule has 0 saturated carbocycles. The third kappa shape index (κ3) is 7.18. The lowest BCUT2D eigenvalue weighted by molar-refractivity contribution is -0.157. The topological polar surface area (TPSA) is 52.6 Å². The summed E-state index contributed by atoms with van der Waals surface area (Å²) in [6.07, 6.45) is 2.27.